The van der Waals surface area contributed by atoms with Crippen molar-refractivity contribution in [2.75, 3.05) is 12.8 Å². The Kier molecular flexibility index (Phi) is 4.75. The van der Waals surface area contributed by atoms with E-state index in [0.29, 0.717) is 5.01 Å². The Morgan fingerprint density at radius 2 is 1.85 bits per heavy atom. The van der Waals surface area contributed by atoms with Gasteiger partial charge in [0.15, 0.2) is 15.4 Å². The molecule has 3 amide bonds. The van der Waals surface area contributed by atoms with Crippen LogP contribution in [0.2, 0.25) is 0 Å². The van der Waals surface area contributed by atoms with Crippen LogP contribution in [0.5, 0.6) is 0 Å². The zero-order chi connectivity index (χ0) is 19.9. The minimum absolute atomic E-state index is 0.000887. The first kappa shape index (κ1) is 19.3. The van der Waals surface area contributed by atoms with Crippen molar-refractivity contribution in [2.24, 2.45) is 10.8 Å². The number of benzene rings is 1. The SMILES string of the molecule is CC1(N(O)C(=O)O)C(=O)N(CC(N)=O)N=C1c1ccc(S(C)(=O)=O)cc1. The fourth-order valence-corrected chi connectivity index (χ4v) is 3.08. The van der Waals surface area contributed by atoms with Gasteiger partial charge >= 0.3 is 6.09 Å². The Morgan fingerprint density at radius 1 is 1.31 bits per heavy atom. The molecule has 26 heavy (non-hydrogen) atoms. The molecule has 11 nitrogen and oxygen atoms in total. The lowest BCUT2D eigenvalue weighted by Crippen LogP contribution is -2.58. The normalized spacial score (nSPS) is 20.0. The summed E-state index contributed by atoms with van der Waals surface area (Å²) in [7, 11) is -3.47. The Balaban J connectivity index is 2.58. The standard InChI is InChI=1S/C14H16N4O7S/c1-14(18(23)13(21)22)11(16-17(12(14)20)7-10(15)19)8-3-5-9(6-4-8)26(2,24)25/h3-6,23H,7H2,1-2H3,(H2,15,19)(H,21,22). The zero-order valence-corrected chi connectivity index (χ0v) is 14.6. The van der Waals surface area contributed by atoms with Crippen LogP contribution in [-0.4, -0.2) is 70.8 Å². The van der Waals surface area contributed by atoms with Gasteiger partial charge in [-0.3, -0.25) is 14.8 Å². The summed E-state index contributed by atoms with van der Waals surface area (Å²) >= 11 is 0. The highest BCUT2D eigenvalue weighted by molar-refractivity contribution is 7.90. The Labute approximate surface area is 148 Å². The van der Waals surface area contributed by atoms with Crippen LogP contribution in [0.3, 0.4) is 0 Å². The van der Waals surface area contributed by atoms with Crippen LogP contribution in [0.15, 0.2) is 34.3 Å². The first-order valence-corrected chi connectivity index (χ1v) is 9.00. The fourth-order valence-electron chi connectivity index (χ4n) is 2.45. The van der Waals surface area contributed by atoms with E-state index in [1.165, 1.54) is 24.3 Å². The van der Waals surface area contributed by atoms with Crippen molar-refractivity contribution < 1.29 is 33.1 Å². The summed E-state index contributed by atoms with van der Waals surface area (Å²) in [5.74, 6) is -1.87. The molecule has 0 aliphatic carbocycles. The first-order valence-electron chi connectivity index (χ1n) is 7.11. The van der Waals surface area contributed by atoms with Gasteiger partial charge in [-0.2, -0.15) is 10.2 Å². The van der Waals surface area contributed by atoms with Crippen molar-refractivity contribution in [3.8, 4) is 0 Å². The highest BCUT2D eigenvalue weighted by atomic mass is 32.2. The number of hydroxylamine groups is 2. The van der Waals surface area contributed by atoms with Crippen LogP contribution in [0.4, 0.5) is 4.79 Å². The fraction of sp³-hybridized carbons (Fsp3) is 0.286. The molecular weight excluding hydrogens is 368 g/mol. The molecule has 0 aromatic heterocycles. The van der Waals surface area contributed by atoms with E-state index in [1.54, 1.807) is 0 Å². The topological polar surface area (TPSA) is 171 Å². The zero-order valence-electron chi connectivity index (χ0n) is 13.8. The Bertz CT molecular complexity index is 910. The molecule has 1 aliphatic heterocycles. The summed E-state index contributed by atoms with van der Waals surface area (Å²) in [6, 6.07) is 5.11. The van der Waals surface area contributed by atoms with Gasteiger partial charge in [-0.1, -0.05) is 12.1 Å². The highest BCUT2D eigenvalue weighted by Crippen LogP contribution is 2.30. The minimum Gasteiger partial charge on any atom is -0.463 e. The Morgan fingerprint density at radius 3 is 2.27 bits per heavy atom. The molecule has 140 valence electrons. The van der Waals surface area contributed by atoms with Crippen LogP contribution in [0.1, 0.15) is 12.5 Å². The van der Waals surface area contributed by atoms with Crippen LogP contribution in [-0.2, 0) is 19.4 Å². The quantitative estimate of drug-likeness (QED) is 0.443. The second-order valence-electron chi connectivity index (χ2n) is 5.74. The van der Waals surface area contributed by atoms with E-state index < -0.39 is 39.8 Å². The molecule has 0 saturated carbocycles. The number of nitrogens with zero attached hydrogens (tertiary/aromatic N) is 3. The summed E-state index contributed by atoms with van der Waals surface area (Å²) in [4.78, 5) is 34.9. The number of sulfone groups is 1. The molecule has 2 rings (SSSR count). The van der Waals surface area contributed by atoms with Gasteiger partial charge in [-0.15, -0.1) is 0 Å². The van der Waals surface area contributed by atoms with Crippen molar-refractivity contribution in [1.82, 2.24) is 10.1 Å². The van der Waals surface area contributed by atoms with Crippen molar-refractivity contribution in [3.63, 3.8) is 0 Å². The lowest BCUT2D eigenvalue weighted by atomic mass is 9.90. The summed E-state index contributed by atoms with van der Waals surface area (Å²) in [6.07, 6.45) is -0.806. The van der Waals surface area contributed by atoms with E-state index in [2.05, 4.69) is 5.10 Å². The van der Waals surface area contributed by atoms with Crippen molar-refractivity contribution in [2.45, 2.75) is 17.4 Å². The number of hydrazone groups is 1. The minimum atomic E-state index is -3.47. The molecule has 1 heterocycles. The van der Waals surface area contributed by atoms with Gasteiger partial charge < -0.3 is 10.8 Å². The third-order valence-electron chi connectivity index (χ3n) is 3.80. The number of nitrogens with two attached hydrogens (primary N) is 1. The monoisotopic (exact) mass is 384 g/mol. The molecule has 1 aromatic carbocycles. The van der Waals surface area contributed by atoms with E-state index in [1.807, 2.05) is 0 Å². The second kappa shape index (κ2) is 6.38. The molecule has 1 atom stereocenters. The number of rotatable bonds is 5. The van der Waals surface area contributed by atoms with Crippen LogP contribution >= 0.6 is 0 Å². The summed E-state index contributed by atoms with van der Waals surface area (Å²) in [5.41, 5.74) is 2.90. The molecule has 4 N–H and O–H groups in total. The van der Waals surface area contributed by atoms with Gasteiger partial charge in [-0.05, 0) is 19.1 Å². The Hall–Kier alpha value is -2.99. The number of primary amides is 1. The van der Waals surface area contributed by atoms with Gasteiger partial charge in [0, 0.05) is 11.8 Å². The summed E-state index contributed by atoms with van der Waals surface area (Å²) < 4.78 is 23.1. The maximum Gasteiger partial charge on any atom is 0.432 e. The number of carbonyl (C=O) groups is 3. The van der Waals surface area contributed by atoms with E-state index in [0.717, 1.165) is 13.2 Å². The van der Waals surface area contributed by atoms with Gasteiger partial charge in [0.05, 0.1) is 4.90 Å². The predicted octanol–water partition coefficient (Wildman–Crippen LogP) is -0.750. The number of carboxylic acid groups (broad SMARTS) is 1. The molecule has 0 radical (unpaired) electrons. The molecule has 0 bridgehead atoms. The molecule has 1 aliphatic rings. The molecule has 0 spiro atoms. The largest absolute Gasteiger partial charge is 0.463 e. The number of carbonyl (C=O) groups excluding carboxylic acids is 2. The van der Waals surface area contributed by atoms with Crippen LogP contribution in [0.25, 0.3) is 0 Å². The number of hydrogen-bond donors (Lipinski definition) is 3. The van der Waals surface area contributed by atoms with Gasteiger partial charge in [0.25, 0.3) is 5.91 Å². The lowest BCUT2D eigenvalue weighted by Gasteiger charge is -2.30. The van der Waals surface area contributed by atoms with E-state index >= 15 is 0 Å². The van der Waals surface area contributed by atoms with Crippen molar-refractivity contribution >= 4 is 33.5 Å². The summed E-state index contributed by atoms with van der Waals surface area (Å²) in [5, 5.41) is 23.3. The average Bonchev–Trinajstić information content (AvgIpc) is 2.78. The van der Waals surface area contributed by atoms with Crippen molar-refractivity contribution in [1.29, 1.82) is 0 Å². The third kappa shape index (κ3) is 3.23. The molecule has 0 saturated heterocycles. The van der Waals surface area contributed by atoms with E-state index in [9.17, 15) is 28.0 Å². The summed E-state index contributed by atoms with van der Waals surface area (Å²) in [6.45, 7) is 0.487. The van der Waals surface area contributed by atoms with Gasteiger partial charge in [0.1, 0.15) is 12.3 Å². The molecule has 1 unspecified atom stereocenters. The third-order valence-corrected chi connectivity index (χ3v) is 4.93. The smallest absolute Gasteiger partial charge is 0.432 e. The maximum absolute atomic E-state index is 12.6. The number of hydrogen-bond acceptors (Lipinski definition) is 7. The van der Waals surface area contributed by atoms with Gasteiger partial charge in [0.2, 0.25) is 5.91 Å². The molecule has 0 fully saturated rings. The second-order valence-corrected chi connectivity index (χ2v) is 7.76. The predicted molar refractivity (Wildman–Crippen MR) is 87.1 cm³/mol. The lowest BCUT2D eigenvalue weighted by molar-refractivity contribution is -0.158. The highest BCUT2D eigenvalue weighted by Gasteiger charge is 2.54. The van der Waals surface area contributed by atoms with E-state index in [4.69, 9.17) is 10.8 Å². The average molecular weight is 384 g/mol. The van der Waals surface area contributed by atoms with Crippen LogP contribution < -0.4 is 5.73 Å². The van der Waals surface area contributed by atoms with Crippen molar-refractivity contribution in [3.05, 3.63) is 29.8 Å². The van der Waals surface area contributed by atoms with Crippen LogP contribution in [0, 0.1) is 0 Å². The number of amides is 3. The molecule has 12 heteroatoms. The maximum atomic E-state index is 12.6. The molecule has 1 aromatic rings. The molecular formula is C14H16N4O7S. The first-order chi connectivity index (χ1) is 11.9. The van der Waals surface area contributed by atoms with Gasteiger partial charge in [-0.25, -0.2) is 18.2 Å². The van der Waals surface area contributed by atoms with E-state index in [-0.39, 0.29) is 21.2 Å².